The molecule has 166 valence electrons. The van der Waals surface area contributed by atoms with E-state index in [2.05, 4.69) is 4.99 Å². The minimum atomic E-state index is -0.455. The Kier molecular flexibility index (Phi) is 5.44. The Balaban J connectivity index is 1.59. The topological polar surface area (TPSA) is 97.6 Å². The first-order valence-corrected chi connectivity index (χ1v) is 11.0. The molecule has 1 aromatic heterocycles. The molecule has 2 aromatic carbocycles. The summed E-state index contributed by atoms with van der Waals surface area (Å²) in [4.78, 5) is 29.9. The number of esters is 1. The highest BCUT2D eigenvalue weighted by Crippen LogP contribution is 2.36. The molecule has 5 rings (SSSR count). The molecule has 0 saturated carbocycles. The van der Waals surface area contributed by atoms with Gasteiger partial charge in [0.1, 0.15) is 33.0 Å². The normalized spacial score (nSPS) is 15.0. The molecule has 3 heterocycles. The highest BCUT2D eigenvalue weighted by Gasteiger charge is 2.19. The second-order valence-electron chi connectivity index (χ2n) is 7.01. The second-order valence-corrected chi connectivity index (χ2v) is 8.02. The highest BCUT2D eigenvalue weighted by atomic mass is 32.1. The van der Waals surface area contributed by atoms with Crippen LogP contribution in [-0.2, 0) is 16.1 Å². The monoisotopic (exact) mass is 456 g/mol. The number of hydrogen-bond acceptors (Lipinski definition) is 8. The number of benzene rings is 2. The van der Waals surface area contributed by atoms with Crippen molar-refractivity contribution in [3.8, 4) is 23.0 Å². The van der Waals surface area contributed by atoms with E-state index in [0.29, 0.717) is 65.3 Å². The number of fused-ring (bicyclic) bond motifs is 3. The molecule has 0 radical (unpaired) electrons. The zero-order valence-corrected chi connectivity index (χ0v) is 18.1. The molecular weight excluding hydrogens is 436 g/mol. The smallest absolute Gasteiger partial charge is 0.326 e. The predicted molar refractivity (Wildman–Crippen MR) is 115 cm³/mol. The van der Waals surface area contributed by atoms with Crippen molar-refractivity contribution in [2.75, 3.05) is 33.0 Å². The van der Waals surface area contributed by atoms with Crippen LogP contribution in [0.2, 0.25) is 0 Å². The van der Waals surface area contributed by atoms with Gasteiger partial charge in [-0.1, -0.05) is 11.3 Å². The number of amides is 1. The average Bonchev–Trinajstić information content (AvgIpc) is 3.12. The Labute approximate surface area is 186 Å². The van der Waals surface area contributed by atoms with Gasteiger partial charge < -0.3 is 28.3 Å². The SMILES string of the molecule is CCOC(=O)Cn1c(=NC(=O)c2ccc3c(c2)OCCO3)sc2cc3c(cc21)OCCO3. The van der Waals surface area contributed by atoms with E-state index in [0.717, 1.165) is 4.70 Å². The third-order valence-corrected chi connectivity index (χ3v) is 5.97. The summed E-state index contributed by atoms with van der Waals surface area (Å²) in [6.45, 7) is 3.72. The summed E-state index contributed by atoms with van der Waals surface area (Å²) in [5.74, 6) is 1.44. The van der Waals surface area contributed by atoms with Crippen LogP contribution in [0.25, 0.3) is 10.2 Å². The molecule has 10 heteroatoms. The number of nitrogens with zero attached hydrogens (tertiary/aromatic N) is 2. The first kappa shape index (κ1) is 20.4. The summed E-state index contributed by atoms with van der Waals surface area (Å²) < 4.78 is 30.0. The van der Waals surface area contributed by atoms with Crippen LogP contribution in [0.3, 0.4) is 0 Å². The lowest BCUT2D eigenvalue weighted by Crippen LogP contribution is -2.23. The van der Waals surface area contributed by atoms with E-state index in [1.165, 1.54) is 11.3 Å². The molecule has 9 nitrogen and oxygen atoms in total. The second kappa shape index (κ2) is 8.54. The molecule has 3 aromatic rings. The lowest BCUT2D eigenvalue weighted by molar-refractivity contribution is -0.143. The molecule has 0 spiro atoms. The summed E-state index contributed by atoms with van der Waals surface area (Å²) in [5, 5.41) is 0. The van der Waals surface area contributed by atoms with E-state index in [1.807, 2.05) is 6.07 Å². The Bertz CT molecular complexity index is 1280. The van der Waals surface area contributed by atoms with E-state index in [9.17, 15) is 9.59 Å². The molecule has 32 heavy (non-hydrogen) atoms. The summed E-state index contributed by atoms with van der Waals surface area (Å²) in [5.41, 5.74) is 1.07. The molecule has 2 aliphatic heterocycles. The Hall–Kier alpha value is -3.53. The summed E-state index contributed by atoms with van der Waals surface area (Å²) in [6, 6.07) is 8.58. The van der Waals surface area contributed by atoms with E-state index in [4.69, 9.17) is 23.7 Å². The molecule has 0 fully saturated rings. The minimum Gasteiger partial charge on any atom is -0.486 e. The number of carbonyl (C=O) groups is 2. The maximum Gasteiger partial charge on any atom is 0.326 e. The third kappa shape index (κ3) is 3.89. The van der Waals surface area contributed by atoms with Gasteiger partial charge in [-0.25, -0.2) is 0 Å². The number of carbonyl (C=O) groups excluding carboxylic acids is 2. The average molecular weight is 456 g/mol. The van der Waals surface area contributed by atoms with Crippen LogP contribution in [0.15, 0.2) is 35.3 Å². The largest absolute Gasteiger partial charge is 0.486 e. The van der Waals surface area contributed by atoms with Gasteiger partial charge in [-0.05, 0) is 25.1 Å². The van der Waals surface area contributed by atoms with Gasteiger partial charge in [0, 0.05) is 17.7 Å². The van der Waals surface area contributed by atoms with Crippen LogP contribution >= 0.6 is 11.3 Å². The predicted octanol–water partition coefficient (Wildman–Crippen LogP) is 2.55. The number of aromatic nitrogens is 1. The fourth-order valence-corrected chi connectivity index (χ4v) is 4.55. The maximum atomic E-state index is 13.0. The van der Waals surface area contributed by atoms with E-state index in [1.54, 1.807) is 35.8 Å². The number of rotatable bonds is 4. The number of ether oxygens (including phenoxy) is 5. The van der Waals surface area contributed by atoms with Gasteiger partial charge in [-0.15, -0.1) is 0 Å². The molecular formula is C22H20N2O7S. The molecule has 0 N–H and O–H groups in total. The van der Waals surface area contributed by atoms with Crippen LogP contribution in [-0.4, -0.2) is 49.5 Å². The minimum absolute atomic E-state index is 0.0826. The summed E-state index contributed by atoms with van der Waals surface area (Å²) in [7, 11) is 0. The Morgan fingerprint density at radius 1 is 0.969 bits per heavy atom. The lowest BCUT2D eigenvalue weighted by Gasteiger charge is -2.18. The molecule has 2 aliphatic rings. The number of hydrogen-bond donors (Lipinski definition) is 0. The zero-order chi connectivity index (χ0) is 22.1. The van der Waals surface area contributed by atoms with Crippen molar-refractivity contribution in [3.63, 3.8) is 0 Å². The standard InChI is InChI=1S/C22H20N2O7S/c1-2-27-20(25)12-24-14-10-17-18(31-8-7-30-17)11-19(14)32-22(24)23-21(26)13-3-4-15-16(9-13)29-6-5-28-15/h3-4,9-11H,2,5-8,12H2,1H3. The lowest BCUT2D eigenvalue weighted by atomic mass is 10.2. The van der Waals surface area contributed by atoms with E-state index < -0.39 is 11.9 Å². The van der Waals surface area contributed by atoms with Crippen LogP contribution in [0, 0.1) is 0 Å². The van der Waals surface area contributed by atoms with Gasteiger partial charge >= 0.3 is 5.97 Å². The van der Waals surface area contributed by atoms with Crippen molar-refractivity contribution in [3.05, 3.63) is 40.7 Å². The van der Waals surface area contributed by atoms with Crippen LogP contribution in [0.4, 0.5) is 0 Å². The van der Waals surface area contributed by atoms with E-state index in [-0.39, 0.29) is 13.2 Å². The molecule has 1 amide bonds. The van der Waals surface area contributed by atoms with Crippen LogP contribution < -0.4 is 23.7 Å². The van der Waals surface area contributed by atoms with Crippen molar-refractivity contribution >= 4 is 33.4 Å². The maximum absolute atomic E-state index is 13.0. The Morgan fingerprint density at radius 3 is 2.34 bits per heavy atom. The van der Waals surface area contributed by atoms with Crippen LogP contribution in [0.1, 0.15) is 17.3 Å². The summed E-state index contributed by atoms with van der Waals surface area (Å²) in [6.07, 6.45) is 0. The number of thiazole rings is 1. The van der Waals surface area contributed by atoms with E-state index >= 15 is 0 Å². The van der Waals surface area contributed by atoms with Gasteiger partial charge in [0.15, 0.2) is 27.8 Å². The van der Waals surface area contributed by atoms with Gasteiger partial charge in [0.05, 0.1) is 16.8 Å². The first-order chi connectivity index (χ1) is 15.6. The van der Waals surface area contributed by atoms with Crippen LogP contribution in [0.5, 0.6) is 23.0 Å². The van der Waals surface area contributed by atoms with Crippen molar-refractivity contribution < 1.29 is 33.3 Å². The fourth-order valence-electron chi connectivity index (χ4n) is 3.51. The van der Waals surface area contributed by atoms with Crippen molar-refractivity contribution in [2.45, 2.75) is 13.5 Å². The van der Waals surface area contributed by atoms with Gasteiger partial charge in [0.25, 0.3) is 5.91 Å². The van der Waals surface area contributed by atoms with Gasteiger partial charge in [0.2, 0.25) is 0 Å². The molecule has 0 atom stereocenters. The summed E-state index contributed by atoms with van der Waals surface area (Å²) >= 11 is 1.28. The highest BCUT2D eigenvalue weighted by molar-refractivity contribution is 7.16. The quantitative estimate of drug-likeness (QED) is 0.557. The third-order valence-electron chi connectivity index (χ3n) is 4.93. The van der Waals surface area contributed by atoms with Crippen molar-refractivity contribution in [1.29, 1.82) is 0 Å². The first-order valence-electron chi connectivity index (χ1n) is 10.2. The van der Waals surface area contributed by atoms with Gasteiger partial charge in [-0.2, -0.15) is 4.99 Å². The molecule has 0 bridgehead atoms. The van der Waals surface area contributed by atoms with Crippen molar-refractivity contribution in [2.24, 2.45) is 4.99 Å². The fraction of sp³-hybridized carbons (Fsp3) is 0.318. The zero-order valence-electron chi connectivity index (χ0n) is 17.3. The van der Waals surface area contributed by atoms with Gasteiger partial charge in [-0.3, -0.25) is 9.59 Å². The molecule has 0 aliphatic carbocycles. The Morgan fingerprint density at radius 2 is 1.62 bits per heavy atom. The molecule has 0 unspecified atom stereocenters. The van der Waals surface area contributed by atoms with Crippen molar-refractivity contribution in [1.82, 2.24) is 4.57 Å². The molecule has 0 saturated heterocycles.